The first-order chi connectivity index (χ1) is 34.8. The Hall–Kier alpha value is -5.06. The molecule has 0 saturated carbocycles. The number of thiophene rings is 1. The van der Waals surface area contributed by atoms with E-state index in [-0.39, 0.29) is 50.0 Å². The Labute approximate surface area is 456 Å². The Balaban J connectivity index is 1.23. The lowest BCUT2D eigenvalue weighted by molar-refractivity contribution is 0.332. The van der Waals surface area contributed by atoms with Gasteiger partial charge in [-0.05, 0) is 221 Å². The van der Waals surface area contributed by atoms with Crippen molar-refractivity contribution in [3.05, 3.63) is 147 Å². The first-order valence-electron chi connectivity index (χ1n) is 28.7. The first-order valence-corrected chi connectivity index (χ1v) is 29.6. The van der Waals surface area contributed by atoms with E-state index in [0.29, 0.717) is 0 Å². The van der Waals surface area contributed by atoms with Crippen molar-refractivity contribution in [2.45, 2.75) is 213 Å². The number of benzene rings is 6. The highest BCUT2D eigenvalue weighted by molar-refractivity contribution is 7.26. The number of rotatable bonds is 3. The third-order valence-corrected chi connectivity index (χ3v) is 21.2. The van der Waals surface area contributed by atoms with Gasteiger partial charge in [-0.2, -0.15) is 0 Å². The zero-order chi connectivity index (χ0) is 53.7. The average molecular weight is 1010 g/mol. The molecule has 6 aromatic carbocycles. The number of aryl methyl sites for hydroxylation is 1. The molecule has 388 valence electrons. The number of nitrogens with zero attached hydrogens (tertiary/aromatic N) is 2. The maximum absolute atomic E-state index is 2.75. The summed E-state index contributed by atoms with van der Waals surface area (Å²) in [7, 11) is 0. The van der Waals surface area contributed by atoms with Crippen molar-refractivity contribution in [2.24, 2.45) is 0 Å². The number of hydrogen-bond acceptors (Lipinski definition) is 3. The van der Waals surface area contributed by atoms with Crippen molar-refractivity contribution in [3.8, 4) is 11.1 Å². The Kier molecular flexibility index (Phi) is 10.8. The van der Waals surface area contributed by atoms with Crippen molar-refractivity contribution in [1.82, 2.24) is 0 Å². The Morgan fingerprint density at radius 2 is 0.907 bits per heavy atom. The summed E-state index contributed by atoms with van der Waals surface area (Å²) in [5.41, 5.74) is 27.0. The molecule has 3 aliphatic carbocycles. The van der Waals surface area contributed by atoms with Crippen LogP contribution in [0.25, 0.3) is 21.2 Å². The van der Waals surface area contributed by atoms with E-state index < -0.39 is 0 Å². The molecule has 0 bridgehead atoms. The quantitative estimate of drug-likeness (QED) is 0.163. The van der Waals surface area contributed by atoms with Crippen LogP contribution in [0.1, 0.15) is 213 Å². The monoisotopic (exact) mass is 1010 g/mol. The predicted molar refractivity (Wildman–Crippen MR) is 329 cm³/mol. The highest BCUT2D eigenvalue weighted by Crippen LogP contribution is 2.56. The maximum atomic E-state index is 2.75. The third kappa shape index (κ3) is 7.73. The van der Waals surface area contributed by atoms with Gasteiger partial charge in [-0.3, -0.25) is 0 Å². The molecule has 0 unspecified atom stereocenters. The van der Waals surface area contributed by atoms with Gasteiger partial charge in [0.2, 0.25) is 0 Å². The second-order valence-electron chi connectivity index (χ2n) is 30.3. The van der Waals surface area contributed by atoms with Gasteiger partial charge < -0.3 is 9.80 Å². The van der Waals surface area contributed by atoms with Gasteiger partial charge in [0.25, 0.3) is 6.71 Å². The molecular weight excluding hydrogens is 924 g/mol. The zero-order valence-electron chi connectivity index (χ0n) is 49.4. The van der Waals surface area contributed by atoms with Crippen molar-refractivity contribution in [1.29, 1.82) is 0 Å². The molecule has 0 N–H and O–H groups in total. The molecule has 0 radical (unpaired) electrons. The highest BCUT2D eigenvalue weighted by Gasteiger charge is 2.50. The molecule has 0 fully saturated rings. The Bertz CT molecular complexity index is 3540. The van der Waals surface area contributed by atoms with Gasteiger partial charge >= 0.3 is 0 Å². The summed E-state index contributed by atoms with van der Waals surface area (Å²) < 4.78 is 1.42. The fourth-order valence-corrected chi connectivity index (χ4v) is 15.9. The SMILES string of the molecule is Cc1cc2c3c(c1)N(c1ccc4c(c1)C(C)(C)CCC4(C)C)c1sc4cc5c(cc4c1B3c1cc3c(cc1N2c1ccc(C(C)(C)C)cc1-c1ccc(C(C)(C)C)cc1)C(C)(C)CCC3(C)C)C(C)(C)CCC5(C)C. The molecule has 1 aromatic heterocycles. The standard InChI is InChI=1S/C71H85BN2S/c1-42-34-58-62-59(35-42)74(56-27-24-45(65(5,6)7)36-47(56)43-20-22-44(23-21-43)64(2,3)4)57-40-53-52(69(14,15)31-32-70(53,16)17)39-55(57)72(62)61-48-38-51-54(71(18,19)33-30-68(51,12)13)41-60(48)75-63(61)73(58)46-25-26-49-50(37-46)67(10,11)29-28-66(49,8)9/h20-27,34-41H,28-33H2,1-19H3. The minimum absolute atomic E-state index is 0.0285. The molecule has 75 heavy (non-hydrogen) atoms. The van der Waals surface area contributed by atoms with Crippen LogP contribution in [0.4, 0.5) is 33.4 Å². The van der Waals surface area contributed by atoms with Crippen molar-refractivity contribution in [3.63, 3.8) is 0 Å². The summed E-state index contributed by atoms with van der Waals surface area (Å²) in [5, 5.41) is 2.83. The van der Waals surface area contributed by atoms with E-state index in [4.69, 9.17) is 0 Å². The fourth-order valence-electron chi connectivity index (χ4n) is 14.6. The van der Waals surface area contributed by atoms with Crippen molar-refractivity contribution >= 4 is 78.0 Å². The van der Waals surface area contributed by atoms with Crippen LogP contribution in [-0.2, 0) is 43.3 Å². The van der Waals surface area contributed by atoms with Gasteiger partial charge in [0.15, 0.2) is 0 Å². The van der Waals surface area contributed by atoms with Gasteiger partial charge in [-0.1, -0.05) is 167 Å². The van der Waals surface area contributed by atoms with E-state index in [2.05, 4.69) is 250 Å². The van der Waals surface area contributed by atoms with Gasteiger partial charge in [0.1, 0.15) is 0 Å². The lowest BCUT2D eigenvalue weighted by Crippen LogP contribution is -2.61. The minimum Gasteiger partial charge on any atom is -0.311 e. The van der Waals surface area contributed by atoms with Gasteiger partial charge in [0.05, 0.1) is 10.7 Å². The summed E-state index contributed by atoms with van der Waals surface area (Å²) in [6.45, 7) is 46.4. The Morgan fingerprint density at radius 3 is 1.47 bits per heavy atom. The number of anilines is 6. The normalized spacial score (nSPS) is 20.2. The van der Waals surface area contributed by atoms with Crippen LogP contribution >= 0.6 is 11.3 Å². The fraction of sp³-hybridized carbons (Fsp3) is 0.465. The summed E-state index contributed by atoms with van der Waals surface area (Å²) >= 11 is 2.05. The minimum atomic E-state index is -0.0285. The molecular formula is C71H85BN2S. The van der Waals surface area contributed by atoms with Crippen LogP contribution in [0.3, 0.4) is 0 Å². The van der Waals surface area contributed by atoms with Crippen LogP contribution in [0, 0.1) is 6.92 Å². The lowest BCUT2D eigenvalue weighted by Gasteiger charge is -2.47. The topological polar surface area (TPSA) is 6.48 Å². The number of fused-ring (bicyclic) bond motifs is 9. The molecule has 3 heterocycles. The summed E-state index contributed by atoms with van der Waals surface area (Å²) in [5.74, 6) is 0. The smallest absolute Gasteiger partial charge is 0.254 e. The van der Waals surface area contributed by atoms with Crippen LogP contribution in [0.5, 0.6) is 0 Å². The van der Waals surface area contributed by atoms with Gasteiger partial charge in [-0.15, -0.1) is 11.3 Å². The van der Waals surface area contributed by atoms with Crippen LogP contribution in [-0.4, -0.2) is 6.71 Å². The molecule has 0 saturated heterocycles. The average Bonchev–Trinajstić information content (AvgIpc) is 3.72. The molecule has 7 aromatic rings. The Morgan fingerprint density at radius 1 is 0.427 bits per heavy atom. The summed E-state index contributed by atoms with van der Waals surface area (Å²) in [6, 6.07) is 40.5. The van der Waals surface area contributed by atoms with E-state index in [1.54, 1.807) is 5.56 Å². The second-order valence-corrected chi connectivity index (χ2v) is 31.4. The lowest BCUT2D eigenvalue weighted by atomic mass is 9.33. The number of hydrogen-bond donors (Lipinski definition) is 0. The second kappa shape index (κ2) is 16.0. The first kappa shape index (κ1) is 50.7. The van der Waals surface area contributed by atoms with Crippen molar-refractivity contribution < 1.29 is 0 Å². The molecule has 4 heteroatoms. The summed E-state index contributed by atoms with van der Waals surface area (Å²) in [6.07, 6.45) is 7.12. The molecule has 12 rings (SSSR count). The van der Waals surface area contributed by atoms with Crippen LogP contribution < -0.4 is 26.2 Å². The molecule has 0 spiro atoms. The molecule has 5 aliphatic rings. The van der Waals surface area contributed by atoms with E-state index in [0.717, 1.165) is 0 Å². The molecule has 2 nitrogen and oxygen atoms in total. The predicted octanol–water partition coefficient (Wildman–Crippen LogP) is 18.6. The zero-order valence-corrected chi connectivity index (χ0v) is 50.2. The van der Waals surface area contributed by atoms with Gasteiger partial charge in [-0.25, -0.2) is 0 Å². The molecule has 0 atom stereocenters. The largest absolute Gasteiger partial charge is 0.311 e. The van der Waals surface area contributed by atoms with Crippen LogP contribution in [0.15, 0.2) is 97.1 Å². The van der Waals surface area contributed by atoms with Gasteiger partial charge in [0, 0.05) is 33.0 Å². The van der Waals surface area contributed by atoms with Crippen LogP contribution in [0.2, 0.25) is 0 Å². The maximum Gasteiger partial charge on any atom is 0.254 e. The van der Waals surface area contributed by atoms with Crippen molar-refractivity contribution in [2.75, 3.05) is 9.80 Å². The van der Waals surface area contributed by atoms with E-state index in [1.165, 1.54) is 154 Å². The summed E-state index contributed by atoms with van der Waals surface area (Å²) in [4.78, 5) is 5.50. The third-order valence-electron chi connectivity index (χ3n) is 20.0. The molecule has 0 amide bonds. The molecule has 2 aliphatic heterocycles. The van der Waals surface area contributed by atoms with E-state index in [9.17, 15) is 0 Å². The van der Waals surface area contributed by atoms with E-state index in [1.807, 2.05) is 0 Å². The van der Waals surface area contributed by atoms with E-state index >= 15 is 0 Å². The highest BCUT2D eigenvalue weighted by atomic mass is 32.1.